The third-order valence-corrected chi connectivity index (χ3v) is 3.90. The number of carbonyl (C=O) groups excluding carboxylic acids is 1. The number of nitrogens with one attached hydrogen (secondary N) is 1. The number of fused-ring (bicyclic) bond motifs is 1. The Balaban J connectivity index is 1.63. The van der Waals surface area contributed by atoms with Gasteiger partial charge in [-0.05, 0) is 24.3 Å². The summed E-state index contributed by atoms with van der Waals surface area (Å²) in [7, 11) is 0. The van der Waals surface area contributed by atoms with E-state index in [1.54, 1.807) is 30.3 Å². The smallest absolute Gasteiger partial charge is 0.255 e. The van der Waals surface area contributed by atoms with Crippen LogP contribution in [0.5, 0.6) is 5.75 Å². The summed E-state index contributed by atoms with van der Waals surface area (Å²) in [5.41, 5.74) is 3.62. The maximum Gasteiger partial charge on any atom is 0.255 e. The summed E-state index contributed by atoms with van der Waals surface area (Å²) in [5.74, 6) is -0.147. The molecular formula is C20H15N3O2. The summed E-state index contributed by atoms with van der Waals surface area (Å²) in [4.78, 5) is 17.0. The molecule has 5 heteroatoms. The summed E-state index contributed by atoms with van der Waals surface area (Å²) in [5, 5.41) is 12.3. The highest BCUT2D eigenvalue weighted by atomic mass is 16.3. The first-order valence-electron chi connectivity index (χ1n) is 7.84. The van der Waals surface area contributed by atoms with Crippen molar-refractivity contribution in [3.63, 3.8) is 0 Å². The molecule has 0 saturated carbocycles. The molecule has 2 aromatic heterocycles. The van der Waals surface area contributed by atoms with Crippen LogP contribution in [-0.2, 0) is 0 Å². The Kier molecular flexibility index (Phi) is 3.67. The zero-order valence-electron chi connectivity index (χ0n) is 13.3. The molecule has 0 atom stereocenters. The molecule has 5 nitrogen and oxygen atoms in total. The largest absolute Gasteiger partial charge is 0.508 e. The first kappa shape index (κ1) is 15.0. The number of rotatable bonds is 3. The Morgan fingerprint density at radius 1 is 1.00 bits per heavy atom. The molecule has 0 bridgehead atoms. The molecule has 0 radical (unpaired) electrons. The lowest BCUT2D eigenvalue weighted by Crippen LogP contribution is -2.12. The zero-order valence-corrected chi connectivity index (χ0v) is 13.3. The molecule has 4 aromatic rings. The van der Waals surface area contributed by atoms with Crippen LogP contribution in [-0.4, -0.2) is 20.4 Å². The number of hydrogen-bond acceptors (Lipinski definition) is 3. The molecule has 0 spiro atoms. The van der Waals surface area contributed by atoms with Gasteiger partial charge in [-0.2, -0.15) is 0 Å². The van der Waals surface area contributed by atoms with Crippen molar-refractivity contribution < 1.29 is 9.90 Å². The molecule has 2 heterocycles. The number of phenolic OH excluding ortho intramolecular Hbond substituents is 1. The van der Waals surface area contributed by atoms with Crippen LogP contribution in [0, 0.1) is 0 Å². The van der Waals surface area contributed by atoms with Gasteiger partial charge in [0.05, 0.1) is 5.69 Å². The Hall–Kier alpha value is -3.60. The first-order valence-corrected chi connectivity index (χ1v) is 7.84. The number of phenols is 1. The average Bonchev–Trinajstić information content (AvgIpc) is 3.06. The van der Waals surface area contributed by atoms with E-state index in [0.717, 1.165) is 11.3 Å². The zero-order chi connectivity index (χ0) is 17.2. The van der Waals surface area contributed by atoms with E-state index in [1.807, 2.05) is 47.1 Å². The Labute approximate surface area is 144 Å². The van der Waals surface area contributed by atoms with Gasteiger partial charge in [-0.25, -0.2) is 4.98 Å². The number of aromatic nitrogens is 2. The quantitative estimate of drug-likeness (QED) is 0.598. The van der Waals surface area contributed by atoms with Crippen molar-refractivity contribution in [2.45, 2.75) is 0 Å². The van der Waals surface area contributed by atoms with Crippen molar-refractivity contribution >= 4 is 17.2 Å². The minimum absolute atomic E-state index is 0.106. The van der Waals surface area contributed by atoms with E-state index in [1.165, 1.54) is 6.07 Å². The topological polar surface area (TPSA) is 66.6 Å². The molecule has 0 saturated heterocycles. The number of anilines is 1. The van der Waals surface area contributed by atoms with E-state index in [2.05, 4.69) is 10.3 Å². The summed E-state index contributed by atoms with van der Waals surface area (Å²) in [6, 6.07) is 19.8. The van der Waals surface area contributed by atoms with Gasteiger partial charge in [0.15, 0.2) is 0 Å². The first-order chi connectivity index (χ1) is 12.2. The molecule has 4 rings (SSSR count). The number of hydrogen-bond donors (Lipinski definition) is 2. The predicted octanol–water partition coefficient (Wildman–Crippen LogP) is 3.96. The maximum atomic E-state index is 12.4. The molecule has 2 aromatic carbocycles. The number of imidazole rings is 1. The van der Waals surface area contributed by atoms with Crippen LogP contribution in [0.2, 0.25) is 0 Å². The van der Waals surface area contributed by atoms with Crippen molar-refractivity contribution in [2.75, 3.05) is 5.32 Å². The van der Waals surface area contributed by atoms with Crippen LogP contribution in [0.25, 0.3) is 16.9 Å². The molecule has 0 unspecified atom stereocenters. The Bertz CT molecular complexity index is 1050. The molecule has 0 fully saturated rings. The van der Waals surface area contributed by atoms with Crippen molar-refractivity contribution in [1.29, 1.82) is 0 Å². The molecule has 1 amide bonds. The second kappa shape index (κ2) is 6.13. The SMILES string of the molecule is O=C(Nc1cccc(O)c1)c1ccn2cc(-c3ccccc3)nc2c1. The number of nitrogens with zero attached hydrogens (tertiary/aromatic N) is 2. The lowest BCUT2D eigenvalue weighted by atomic mass is 10.2. The van der Waals surface area contributed by atoms with Gasteiger partial charge >= 0.3 is 0 Å². The van der Waals surface area contributed by atoms with Crippen LogP contribution in [0.3, 0.4) is 0 Å². The van der Waals surface area contributed by atoms with Gasteiger partial charge in [0.25, 0.3) is 5.91 Å². The maximum absolute atomic E-state index is 12.4. The Morgan fingerprint density at radius 2 is 1.84 bits per heavy atom. The summed E-state index contributed by atoms with van der Waals surface area (Å²) >= 11 is 0. The second-order valence-electron chi connectivity index (χ2n) is 5.68. The summed E-state index contributed by atoms with van der Waals surface area (Å²) < 4.78 is 1.88. The molecule has 0 aliphatic heterocycles. The molecule has 25 heavy (non-hydrogen) atoms. The molecule has 0 aliphatic rings. The molecule has 2 N–H and O–H groups in total. The van der Waals surface area contributed by atoms with Crippen LogP contribution >= 0.6 is 0 Å². The summed E-state index contributed by atoms with van der Waals surface area (Å²) in [6.07, 6.45) is 3.74. The van der Waals surface area contributed by atoms with Crippen LogP contribution < -0.4 is 5.32 Å². The predicted molar refractivity (Wildman–Crippen MR) is 96.7 cm³/mol. The monoisotopic (exact) mass is 329 g/mol. The van der Waals surface area contributed by atoms with E-state index in [-0.39, 0.29) is 11.7 Å². The van der Waals surface area contributed by atoms with Gasteiger partial charge in [0, 0.05) is 35.3 Å². The number of benzene rings is 2. The standard InChI is InChI=1S/C20H15N3O2/c24-17-8-4-7-16(12-17)21-20(25)15-9-10-23-13-18(22-19(23)11-15)14-5-2-1-3-6-14/h1-13,24H,(H,21,25). The van der Waals surface area contributed by atoms with Crippen LogP contribution in [0.4, 0.5) is 5.69 Å². The highest BCUT2D eigenvalue weighted by Crippen LogP contribution is 2.20. The van der Waals surface area contributed by atoms with Crippen molar-refractivity contribution in [3.05, 3.63) is 84.7 Å². The molecular weight excluding hydrogens is 314 g/mol. The van der Waals surface area contributed by atoms with Crippen LogP contribution in [0.1, 0.15) is 10.4 Å². The minimum atomic E-state index is -0.252. The van der Waals surface area contributed by atoms with Crippen molar-refractivity contribution in [2.24, 2.45) is 0 Å². The average molecular weight is 329 g/mol. The van der Waals surface area contributed by atoms with E-state index in [9.17, 15) is 9.90 Å². The van der Waals surface area contributed by atoms with E-state index in [4.69, 9.17) is 0 Å². The van der Waals surface area contributed by atoms with E-state index < -0.39 is 0 Å². The number of carbonyl (C=O) groups is 1. The van der Waals surface area contributed by atoms with Gasteiger partial charge in [-0.1, -0.05) is 36.4 Å². The van der Waals surface area contributed by atoms with E-state index >= 15 is 0 Å². The minimum Gasteiger partial charge on any atom is -0.508 e. The van der Waals surface area contributed by atoms with Gasteiger partial charge in [0.1, 0.15) is 11.4 Å². The Morgan fingerprint density at radius 3 is 2.64 bits per heavy atom. The lowest BCUT2D eigenvalue weighted by Gasteiger charge is -2.05. The lowest BCUT2D eigenvalue weighted by molar-refractivity contribution is 0.102. The van der Waals surface area contributed by atoms with Crippen LogP contribution in [0.15, 0.2) is 79.1 Å². The third kappa shape index (κ3) is 3.07. The fourth-order valence-electron chi connectivity index (χ4n) is 2.66. The van der Waals surface area contributed by atoms with Gasteiger partial charge in [-0.3, -0.25) is 4.79 Å². The van der Waals surface area contributed by atoms with Gasteiger partial charge < -0.3 is 14.8 Å². The molecule has 122 valence electrons. The number of amides is 1. The fraction of sp³-hybridized carbons (Fsp3) is 0. The van der Waals surface area contributed by atoms with Crippen molar-refractivity contribution in [3.8, 4) is 17.0 Å². The van der Waals surface area contributed by atoms with Crippen molar-refractivity contribution in [1.82, 2.24) is 9.38 Å². The fourth-order valence-corrected chi connectivity index (χ4v) is 2.66. The van der Waals surface area contributed by atoms with E-state index in [0.29, 0.717) is 16.9 Å². The summed E-state index contributed by atoms with van der Waals surface area (Å²) in [6.45, 7) is 0. The van der Waals surface area contributed by atoms with Gasteiger partial charge in [0.2, 0.25) is 0 Å². The molecule has 0 aliphatic carbocycles. The normalized spacial score (nSPS) is 10.7. The number of aromatic hydroxyl groups is 1. The third-order valence-electron chi connectivity index (χ3n) is 3.90. The second-order valence-corrected chi connectivity index (χ2v) is 5.68. The van der Waals surface area contributed by atoms with Gasteiger partial charge in [-0.15, -0.1) is 0 Å². The highest BCUT2D eigenvalue weighted by molar-refractivity contribution is 6.04. The highest BCUT2D eigenvalue weighted by Gasteiger charge is 2.10. The number of pyridine rings is 1.